The van der Waals surface area contributed by atoms with Crippen molar-refractivity contribution in [2.45, 2.75) is 39.2 Å². The van der Waals surface area contributed by atoms with Crippen LogP contribution in [0.4, 0.5) is 0 Å². The summed E-state index contributed by atoms with van der Waals surface area (Å²) in [5.74, 6) is -1.49. The Kier molecular flexibility index (Phi) is 3.87. The van der Waals surface area contributed by atoms with E-state index in [-0.39, 0.29) is 11.3 Å². The molecule has 0 aromatic carbocycles. The molecule has 0 spiro atoms. The highest BCUT2D eigenvalue weighted by Gasteiger charge is 2.26. The minimum Gasteiger partial charge on any atom is -0.479 e. The molecule has 0 bridgehead atoms. The molecule has 2 N–H and O–H groups in total. The Morgan fingerprint density at radius 3 is 2.41 bits per heavy atom. The average Bonchev–Trinajstić information content (AvgIpc) is 2.60. The molecular formula is C11H16N2O3S. The molecule has 5 nitrogen and oxygen atoms in total. The SMILES string of the molecule is CC(=O)NC(C(=O)O)c1csc(C(C)(C)C)n1. The maximum absolute atomic E-state index is 11.0. The van der Waals surface area contributed by atoms with Crippen LogP contribution >= 0.6 is 11.3 Å². The first-order chi connectivity index (χ1) is 7.71. The minimum absolute atomic E-state index is 0.123. The van der Waals surface area contributed by atoms with Crippen molar-refractivity contribution < 1.29 is 14.7 Å². The number of carbonyl (C=O) groups excluding carboxylic acids is 1. The Bertz CT molecular complexity index is 434. The van der Waals surface area contributed by atoms with Gasteiger partial charge in [-0.1, -0.05) is 20.8 Å². The van der Waals surface area contributed by atoms with Gasteiger partial charge in [-0.25, -0.2) is 9.78 Å². The van der Waals surface area contributed by atoms with Gasteiger partial charge in [-0.3, -0.25) is 4.79 Å². The Hall–Kier alpha value is -1.43. The predicted octanol–water partition coefficient (Wildman–Crippen LogP) is 1.70. The van der Waals surface area contributed by atoms with E-state index >= 15 is 0 Å². The molecular weight excluding hydrogens is 240 g/mol. The molecule has 1 heterocycles. The normalized spacial score (nSPS) is 13.2. The van der Waals surface area contributed by atoms with Gasteiger partial charge in [0.15, 0.2) is 6.04 Å². The van der Waals surface area contributed by atoms with Gasteiger partial charge in [0, 0.05) is 17.7 Å². The van der Waals surface area contributed by atoms with Crippen LogP contribution in [0.3, 0.4) is 0 Å². The lowest BCUT2D eigenvalue weighted by Gasteiger charge is -2.14. The standard InChI is InChI=1S/C11H16N2O3S/c1-6(14)12-8(9(15)16)7-5-17-10(13-7)11(2,3)4/h5,8H,1-4H3,(H,12,14)(H,15,16). The molecule has 0 saturated heterocycles. The first-order valence-electron chi connectivity index (χ1n) is 5.17. The third kappa shape index (κ3) is 3.52. The second-order valence-electron chi connectivity index (χ2n) is 4.80. The molecule has 1 atom stereocenters. The summed E-state index contributed by atoms with van der Waals surface area (Å²) in [5.41, 5.74) is 0.255. The third-order valence-electron chi connectivity index (χ3n) is 2.05. The zero-order valence-electron chi connectivity index (χ0n) is 10.3. The van der Waals surface area contributed by atoms with E-state index in [1.165, 1.54) is 18.3 Å². The zero-order chi connectivity index (χ0) is 13.2. The van der Waals surface area contributed by atoms with E-state index in [9.17, 15) is 9.59 Å². The topological polar surface area (TPSA) is 79.3 Å². The van der Waals surface area contributed by atoms with Crippen molar-refractivity contribution in [2.24, 2.45) is 0 Å². The van der Waals surface area contributed by atoms with Gasteiger partial charge in [0.05, 0.1) is 10.7 Å². The third-order valence-corrected chi connectivity index (χ3v) is 3.34. The monoisotopic (exact) mass is 256 g/mol. The molecule has 1 rings (SSSR count). The fourth-order valence-electron chi connectivity index (χ4n) is 1.23. The van der Waals surface area contributed by atoms with Crippen LogP contribution < -0.4 is 5.32 Å². The fraction of sp³-hybridized carbons (Fsp3) is 0.545. The summed E-state index contributed by atoms with van der Waals surface area (Å²) < 4.78 is 0. The highest BCUT2D eigenvalue weighted by molar-refractivity contribution is 7.09. The molecule has 1 aromatic rings. The lowest BCUT2D eigenvalue weighted by Crippen LogP contribution is -2.32. The second kappa shape index (κ2) is 4.83. The highest BCUT2D eigenvalue weighted by Crippen LogP contribution is 2.27. The summed E-state index contributed by atoms with van der Waals surface area (Å²) >= 11 is 1.40. The maximum atomic E-state index is 11.0. The van der Waals surface area contributed by atoms with Gasteiger partial charge < -0.3 is 10.4 Å². The molecule has 0 aliphatic carbocycles. The molecule has 1 amide bonds. The van der Waals surface area contributed by atoms with E-state index in [4.69, 9.17) is 5.11 Å². The summed E-state index contributed by atoms with van der Waals surface area (Å²) in [4.78, 5) is 26.3. The van der Waals surface area contributed by atoms with E-state index < -0.39 is 12.0 Å². The Labute approximate surface area is 104 Å². The van der Waals surface area contributed by atoms with Gasteiger partial charge in [-0.15, -0.1) is 11.3 Å². The minimum atomic E-state index is -1.11. The van der Waals surface area contributed by atoms with E-state index in [1.807, 2.05) is 20.8 Å². The summed E-state index contributed by atoms with van der Waals surface area (Å²) in [6.45, 7) is 7.30. The van der Waals surface area contributed by atoms with Crippen molar-refractivity contribution in [3.8, 4) is 0 Å². The number of carbonyl (C=O) groups is 2. The number of carboxylic acids is 1. The Morgan fingerprint density at radius 2 is 2.06 bits per heavy atom. The number of aromatic nitrogens is 1. The van der Waals surface area contributed by atoms with Gasteiger partial charge in [0.1, 0.15) is 0 Å². The molecule has 17 heavy (non-hydrogen) atoms. The quantitative estimate of drug-likeness (QED) is 0.862. The van der Waals surface area contributed by atoms with Crippen LogP contribution in [-0.2, 0) is 15.0 Å². The molecule has 1 aromatic heterocycles. The van der Waals surface area contributed by atoms with Crippen molar-refractivity contribution in [3.05, 3.63) is 16.1 Å². The molecule has 6 heteroatoms. The highest BCUT2D eigenvalue weighted by atomic mass is 32.1. The number of hydrogen-bond acceptors (Lipinski definition) is 4. The molecule has 0 aliphatic heterocycles. The van der Waals surface area contributed by atoms with E-state index in [0.29, 0.717) is 5.69 Å². The largest absolute Gasteiger partial charge is 0.479 e. The Morgan fingerprint density at radius 1 is 1.47 bits per heavy atom. The Balaban J connectivity index is 3.00. The number of hydrogen-bond donors (Lipinski definition) is 2. The number of carboxylic acid groups (broad SMARTS) is 1. The smallest absolute Gasteiger partial charge is 0.332 e. The van der Waals surface area contributed by atoms with Crippen LogP contribution in [0.5, 0.6) is 0 Å². The molecule has 1 unspecified atom stereocenters. The van der Waals surface area contributed by atoms with E-state index in [0.717, 1.165) is 5.01 Å². The van der Waals surface area contributed by atoms with E-state index in [1.54, 1.807) is 5.38 Å². The van der Waals surface area contributed by atoms with Gasteiger partial charge in [0.2, 0.25) is 5.91 Å². The number of nitrogens with zero attached hydrogens (tertiary/aromatic N) is 1. The number of aliphatic carboxylic acids is 1. The number of thiazole rings is 1. The molecule has 0 saturated carbocycles. The van der Waals surface area contributed by atoms with Gasteiger partial charge in [-0.2, -0.15) is 0 Å². The van der Waals surface area contributed by atoms with Crippen LogP contribution in [0, 0.1) is 0 Å². The first-order valence-corrected chi connectivity index (χ1v) is 6.05. The van der Waals surface area contributed by atoms with Gasteiger partial charge in [-0.05, 0) is 0 Å². The van der Waals surface area contributed by atoms with Crippen LogP contribution in [0.15, 0.2) is 5.38 Å². The van der Waals surface area contributed by atoms with Crippen molar-refractivity contribution >= 4 is 23.2 Å². The lowest BCUT2D eigenvalue weighted by molar-refractivity contribution is -0.141. The summed E-state index contributed by atoms with van der Waals surface area (Å²) in [6, 6.07) is -1.07. The van der Waals surface area contributed by atoms with Crippen LogP contribution in [-0.4, -0.2) is 22.0 Å². The van der Waals surface area contributed by atoms with Gasteiger partial charge in [0.25, 0.3) is 0 Å². The van der Waals surface area contributed by atoms with Crippen molar-refractivity contribution in [1.82, 2.24) is 10.3 Å². The first kappa shape index (κ1) is 13.6. The summed E-state index contributed by atoms with van der Waals surface area (Å²) in [5, 5.41) is 13.9. The van der Waals surface area contributed by atoms with Gasteiger partial charge >= 0.3 is 5.97 Å². The molecule has 0 fully saturated rings. The maximum Gasteiger partial charge on any atom is 0.332 e. The lowest BCUT2D eigenvalue weighted by atomic mass is 9.98. The van der Waals surface area contributed by atoms with Crippen LogP contribution in [0.1, 0.15) is 44.4 Å². The number of rotatable bonds is 3. The van der Waals surface area contributed by atoms with E-state index in [2.05, 4.69) is 10.3 Å². The molecule has 0 radical (unpaired) electrons. The fourth-order valence-corrected chi connectivity index (χ4v) is 2.16. The molecule has 94 valence electrons. The van der Waals surface area contributed by atoms with Crippen molar-refractivity contribution in [3.63, 3.8) is 0 Å². The predicted molar refractivity (Wildman–Crippen MR) is 65.0 cm³/mol. The van der Waals surface area contributed by atoms with Crippen molar-refractivity contribution in [2.75, 3.05) is 0 Å². The summed E-state index contributed by atoms with van der Waals surface area (Å²) in [7, 11) is 0. The second-order valence-corrected chi connectivity index (χ2v) is 5.66. The average molecular weight is 256 g/mol. The number of nitrogens with one attached hydrogen (secondary N) is 1. The number of amides is 1. The van der Waals surface area contributed by atoms with Crippen LogP contribution in [0.2, 0.25) is 0 Å². The molecule has 0 aliphatic rings. The summed E-state index contributed by atoms with van der Waals surface area (Å²) in [6.07, 6.45) is 0. The van der Waals surface area contributed by atoms with Crippen molar-refractivity contribution in [1.29, 1.82) is 0 Å². The van der Waals surface area contributed by atoms with Crippen LogP contribution in [0.25, 0.3) is 0 Å². The zero-order valence-corrected chi connectivity index (χ0v) is 11.1.